The lowest BCUT2D eigenvalue weighted by Crippen LogP contribution is -2.07. The van der Waals surface area contributed by atoms with Crippen LogP contribution in [0.15, 0.2) is 53.9 Å². The average molecular weight is 389 g/mol. The molecule has 0 spiro atoms. The third kappa shape index (κ3) is 4.69. The van der Waals surface area contributed by atoms with E-state index in [0.29, 0.717) is 15.2 Å². The molecule has 3 nitrogen and oxygen atoms in total. The van der Waals surface area contributed by atoms with Crippen LogP contribution >= 0.6 is 34.5 Å². The Morgan fingerprint density at radius 1 is 1.12 bits per heavy atom. The number of anilines is 1. The lowest BCUT2D eigenvalue weighted by atomic mass is 10.1. The number of rotatable bonds is 4. The third-order valence-corrected chi connectivity index (χ3v) is 4.95. The first-order chi connectivity index (χ1) is 12.0. The maximum Gasteiger partial charge on any atom is 0.250 e. The molecular weight excluding hydrogens is 375 g/mol. The molecule has 0 fully saturated rings. The van der Waals surface area contributed by atoms with Crippen molar-refractivity contribution in [3.05, 3.63) is 75.1 Å². The molecule has 1 amide bonds. The molecule has 0 aliphatic heterocycles. The van der Waals surface area contributed by atoms with Gasteiger partial charge in [0, 0.05) is 17.0 Å². The molecule has 1 heterocycles. The summed E-state index contributed by atoms with van der Waals surface area (Å²) in [7, 11) is 0. The minimum atomic E-state index is -0.254. The van der Waals surface area contributed by atoms with Crippen molar-refractivity contribution >= 4 is 51.7 Å². The number of carbonyl (C=O) groups is 1. The quantitative estimate of drug-likeness (QED) is 0.550. The highest BCUT2D eigenvalue weighted by molar-refractivity contribution is 7.14. The molecule has 126 valence electrons. The van der Waals surface area contributed by atoms with Gasteiger partial charge in [-0.2, -0.15) is 0 Å². The van der Waals surface area contributed by atoms with Crippen LogP contribution in [0, 0.1) is 6.92 Å². The monoisotopic (exact) mass is 388 g/mol. The number of nitrogens with zero attached hydrogens (tertiary/aromatic N) is 1. The molecule has 2 aromatic carbocycles. The minimum Gasteiger partial charge on any atom is -0.298 e. The standard InChI is InChI=1S/C19H14Cl2N2OS/c1-12-2-6-14(7-3-12)17-11-25-19(22-17)23-18(24)9-5-13-4-8-15(20)16(21)10-13/h2-11H,1H3,(H,22,23,24)/b9-5+. The van der Waals surface area contributed by atoms with E-state index in [4.69, 9.17) is 23.2 Å². The van der Waals surface area contributed by atoms with Crippen molar-refractivity contribution in [1.29, 1.82) is 0 Å². The van der Waals surface area contributed by atoms with Crippen LogP contribution in [0.4, 0.5) is 5.13 Å². The molecule has 1 N–H and O–H groups in total. The van der Waals surface area contributed by atoms with Crippen molar-refractivity contribution in [3.8, 4) is 11.3 Å². The van der Waals surface area contributed by atoms with E-state index in [9.17, 15) is 4.79 Å². The Kier molecular flexibility index (Phi) is 5.53. The highest BCUT2D eigenvalue weighted by Gasteiger charge is 2.06. The molecule has 0 radical (unpaired) electrons. The molecule has 0 aliphatic carbocycles. The summed E-state index contributed by atoms with van der Waals surface area (Å²) in [6.07, 6.45) is 3.11. The third-order valence-electron chi connectivity index (χ3n) is 3.45. The Bertz CT molecular complexity index is 933. The minimum absolute atomic E-state index is 0.254. The number of hydrogen-bond donors (Lipinski definition) is 1. The van der Waals surface area contributed by atoms with Crippen LogP contribution in [0.1, 0.15) is 11.1 Å². The fourth-order valence-corrected chi connectivity index (χ4v) is 3.15. The number of amides is 1. The number of thiazole rings is 1. The maximum absolute atomic E-state index is 12.0. The van der Waals surface area contributed by atoms with Crippen molar-refractivity contribution in [2.24, 2.45) is 0 Å². The van der Waals surface area contributed by atoms with E-state index in [1.165, 1.54) is 23.0 Å². The summed E-state index contributed by atoms with van der Waals surface area (Å²) in [6.45, 7) is 2.04. The average Bonchev–Trinajstić information content (AvgIpc) is 3.05. The fraction of sp³-hybridized carbons (Fsp3) is 0.0526. The number of carbonyl (C=O) groups excluding carboxylic acids is 1. The second-order valence-electron chi connectivity index (χ2n) is 5.40. The van der Waals surface area contributed by atoms with E-state index in [-0.39, 0.29) is 5.91 Å². The van der Waals surface area contributed by atoms with Gasteiger partial charge < -0.3 is 0 Å². The summed E-state index contributed by atoms with van der Waals surface area (Å²) < 4.78 is 0. The van der Waals surface area contributed by atoms with Gasteiger partial charge in [-0.15, -0.1) is 11.3 Å². The van der Waals surface area contributed by atoms with E-state index in [2.05, 4.69) is 10.3 Å². The first-order valence-electron chi connectivity index (χ1n) is 7.48. The summed E-state index contributed by atoms with van der Waals surface area (Å²) in [5.41, 5.74) is 3.85. The highest BCUT2D eigenvalue weighted by Crippen LogP contribution is 2.25. The lowest BCUT2D eigenvalue weighted by Gasteiger charge is -1.99. The molecule has 3 rings (SSSR count). The first-order valence-corrected chi connectivity index (χ1v) is 9.11. The van der Waals surface area contributed by atoms with Crippen molar-refractivity contribution in [2.45, 2.75) is 6.92 Å². The van der Waals surface area contributed by atoms with Crippen molar-refractivity contribution in [1.82, 2.24) is 4.98 Å². The molecule has 3 aromatic rings. The van der Waals surface area contributed by atoms with E-state index in [1.54, 1.807) is 24.3 Å². The van der Waals surface area contributed by atoms with E-state index in [0.717, 1.165) is 16.8 Å². The van der Waals surface area contributed by atoms with Gasteiger partial charge in [0.1, 0.15) is 0 Å². The van der Waals surface area contributed by atoms with E-state index >= 15 is 0 Å². The number of halogens is 2. The molecule has 0 bridgehead atoms. The summed E-state index contributed by atoms with van der Waals surface area (Å²) >= 11 is 13.2. The molecule has 6 heteroatoms. The Hall–Kier alpha value is -2.14. The Morgan fingerprint density at radius 2 is 1.88 bits per heavy atom. The van der Waals surface area contributed by atoms with Gasteiger partial charge in [-0.25, -0.2) is 4.98 Å². The van der Waals surface area contributed by atoms with Gasteiger partial charge in [-0.05, 0) is 30.7 Å². The molecule has 0 aliphatic rings. The van der Waals surface area contributed by atoms with Crippen LogP contribution in [0.3, 0.4) is 0 Å². The van der Waals surface area contributed by atoms with Gasteiger partial charge in [-0.1, -0.05) is 59.1 Å². The number of benzene rings is 2. The molecular formula is C19H14Cl2N2OS. The van der Waals surface area contributed by atoms with Gasteiger partial charge in [0.25, 0.3) is 0 Å². The van der Waals surface area contributed by atoms with Crippen LogP contribution in [0.2, 0.25) is 10.0 Å². The van der Waals surface area contributed by atoms with E-state index in [1.807, 2.05) is 36.6 Å². The van der Waals surface area contributed by atoms with Crippen LogP contribution < -0.4 is 5.32 Å². The predicted molar refractivity (Wildman–Crippen MR) is 106 cm³/mol. The van der Waals surface area contributed by atoms with Crippen LogP contribution in [-0.2, 0) is 4.79 Å². The number of aryl methyl sites for hydroxylation is 1. The lowest BCUT2D eigenvalue weighted by molar-refractivity contribution is -0.111. The zero-order chi connectivity index (χ0) is 17.8. The topological polar surface area (TPSA) is 42.0 Å². The normalized spacial score (nSPS) is 11.0. The second kappa shape index (κ2) is 7.83. The largest absolute Gasteiger partial charge is 0.298 e. The number of hydrogen-bond acceptors (Lipinski definition) is 3. The zero-order valence-electron chi connectivity index (χ0n) is 13.3. The highest BCUT2D eigenvalue weighted by atomic mass is 35.5. The first kappa shape index (κ1) is 17.7. The molecule has 1 aromatic heterocycles. The Balaban J connectivity index is 1.66. The van der Waals surface area contributed by atoms with Crippen molar-refractivity contribution < 1.29 is 4.79 Å². The number of aromatic nitrogens is 1. The van der Waals surface area contributed by atoms with Crippen LogP contribution in [-0.4, -0.2) is 10.9 Å². The van der Waals surface area contributed by atoms with Crippen LogP contribution in [0.5, 0.6) is 0 Å². The summed E-state index contributed by atoms with van der Waals surface area (Å²) in [4.78, 5) is 16.5. The van der Waals surface area contributed by atoms with Gasteiger partial charge in [-0.3, -0.25) is 10.1 Å². The van der Waals surface area contributed by atoms with E-state index < -0.39 is 0 Å². The van der Waals surface area contributed by atoms with Gasteiger partial charge in [0.15, 0.2) is 5.13 Å². The van der Waals surface area contributed by atoms with Gasteiger partial charge in [0.05, 0.1) is 15.7 Å². The SMILES string of the molecule is Cc1ccc(-c2csc(NC(=O)/C=C/c3ccc(Cl)c(Cl)c3)n2)cc1. The van der Waals surface area contributed by atoms with Gasteiger partial charge >= 0.3 is 0 Å². The summed E-state index contributed by atoms with van der Waals surface area (Å²) in [5.74, 6) is -0.254. The molecule has 25 heavy (non-hydrogen) atoms. The molecule has 0 saturated carbocycles. The van der Waals surface area contributed by atoms with Crippen molar-refractivity contribution in [3.63, 3.8) is 0 Å². The molecule has 0 saturated heterocycles. The Labute approximate surface area is 159 Å². The fourth-order valence-electron chi connectivity index (χ4n) is 2.12. The molecule has 0 atom stereocenters. The predicted octanol–water partition coefficient (Wildman–Crippen LogP) is 6.08. The summed E-state index contributed by atoms with van der Waals surface area (Å²) in [5, 5.41) is 6.17. The van der Waals surface area contributed by atoms with Crippen molar-refractivity contribution in [2.75, 3.05) is 5.32 Å². The summed E-state index contributed by atoms with van der Waals surface area (Å²) in [6, 6.07) is 13.3. The Morgan fingerprint density at radius 3 is 2.60 bits per heavy atom. The second-order valence-corrected chi connectivity index (χ2v) is 7.07. The zero-order valence-corrected chi connectivity index (χ0v) is 15.6. The maximum atomic E-state index is 12.0. The number of nitrogens with one attached hydrogen (secondary N) is 1. The smallest absolute Gasteiger partial charge is 0.250 e. The van der Waals surface area contributed by atoms with Gasteiger partial charge in [0.2, 0.25) is 5.91 Å². The van der Waals surface area contributed by atoms with Crippen LogP contribution in [0.25, 0.3) is 17.3 Å². The molecule has 0 unspecified atom stereocenters.